The van der Waals surface area contributed by atoms with Crippen molar-refractivity contribution in [1.29, 1.82) is 0 Å². The zero-order valence-electron chi connectivity index (χ0n) is 12.7. The van der Waals surface area contributed by atoms with Crippen molar-refractivity contribution in [3.63, 3.8) is 0 Å². The second-order valence-corrected chi connectivity index (χ2v) is 6.16. The van der Waals surface area contributed by atoms with E-state index < -0.39 is 0 Å². The van der Waals surface area contributed by atoms with Gasteiger partial charge in [0.1, 0.15) is 9.88 Å². The van der Waals surface area contributed by atoms with E-state index in [1.807, 2.05) is 6.92 Å². The minimum Gasteiger partial charge on any atom is -0.397 e. The monoisotopic (exact) mass is 310 g/mol. The van der Waals surface area contributed by atoms with Crippen LogP contribution in [0.1, 0.15) is 39.8 Å². The zero-order chi connectivity index (χ0) is 15.6. The van der Waals surface area contributed by atoms with E-state index in [4.69, 9.17) is 5.73 Å². The van der Waals surface area contributed by atoms with Gasteiger partial charge in [-0.2, -0.15) is 0 Å². The molecule has 1 aromatic heterocycles. The van der Waals surface area contributed by atoms with E-state index in [0.29, 0.717) is 16.4 Å². The van der Waals surface area contributed by atoms with E-state index in [1.54, 1.807) is 14.1 Å². The number of hydrogen-bond acceptors (Lipinski definition) is 5. The van der Waals surface area contributed by atoms with Crippen LogP contribution in [-0.2, 0) is 0 Å². The Morgan fingerprint density at radius 2 is 1.90 bits per heavy atom. The molecule has 0 unspecified atom stereocenters. The van der Waals surface area contributed by atoms with Crippen molar-refractivity contribution in [2.45, 2.75) is 19.8 Å². The van der Waals surface area contributed by atoms with Crippen molar-refractivity contribution in [2.75, 3.05) is 37.8 Å². The Morgan fingerprint density at radius 1 is 1.29 bits per heavy atom. The first kappa shape index (κ1) is 15.6. The summed E-state index contributed by atoms with van der Waals surface area (Å²) in [6, 6.07) is 0. The lowest BCUT2D eigenvalue weighted by molar-refractivity contribution is 0.0963. The molecule has 1 saturated carbocycles. The van der Waals surface area contributed by atoms with Gasteiger partial charge >= 0.3 is 0 Å². The van der Waals surface area contributed by atoms with Crippen LogP contribution in [0.2, 0.25) is 0 Å². The van der Waals surface area contributed by atoms with Crippen LogP contribution in [0.5, 0.6) is 0 Å². The topological polar surface area (TPSA) is 87.5 Å². The van der Waals surface area contributed by atoms with E-state index in [1.165, 1.54) is 24.2 Å². The van der Waals surface area contributed by atoms with Gasteiger partial charge in [-0.25, -0.2) is 0 Å². The Labute approximate surface area is 128 Å². The van der Waals surface area contributed by atoms with E-state index in [9.17, 15) is 9.59 Å². The quantitative estimate of drug-likeness (QED) is 0.739. The first-order chi connectivity index (χ1) is 10.0. The third-order valence-corrected chi connectivity index (χ3v) is 4.92. The van der Waals surface area contributed by atoms with Gasteiger partial charge in [0.05, 0.1) is 11.3 Å². The van der Waals surface area contributed by atoms with Crippen LogP contribution >= 0.6 is 11.3 Å². The molecule has 7 heteroatoms. The molecule has 21 heavy (non-hydrogen) atoms. The Morgan fingerprint density at radius 3 is 2.38 bits per heavy atom. The van der Waals surface area contributed by atoms with Crippen molar-refractivity contribution >= 4 is 33.8 Å². The van der Waals surface area contributed by atoms with Crippen LogP contribution in [0.4, 0.5) is 10.7 Å². The number of carbonyl (C=O) groups excluding carboxylic acids is 2. The highest BCUT2D eigenvalue weighted by Gasteiger charge is 2.30. The number of nitrogens with zero attached hydrogens (tertiary/aromatic N) is 1. The lowest BCUT2D eigenvalue weighted by atomic mass is 10.2. The predicted octanol–water partition coefficient (Wildman–Crippen LogP) is 1.29. The molecule has 0 atom stereocenters. The average Bonchev–Trinajstić information content (AvgIpc) is 3.25. The summed E-state index contributed by atoms with van der Waals surface area (Å²) < 4.78 is 0. The lowest BCUT2D eigenvalue weighted by Crippen LogP contribution is -2.28. The molecule has 1 fully saturated rings. The van der Waals surface area contributed by atoms with Crippen molar-refractivity contribution in [2.24, 2.45) is 5.92 Å². The number of anilines is 2. The number of nitrogen functional groups attached to an aromatic ring is 1. The molecule has 0 aromatic carbocycles. The van der Waals surface area contributed by atoms with Gasteiger partial charge in [0.15, 0.2) is 0 Å². The molecule has 1 aliphatic rings. The molecule has 0 radical (unpaired) electrons. The summed E-state index contributed by atoms with van der Waals surface area (Å²) in [4.78, 5) is 26.6. The van der Waals surface area contributed by atoms with Gasteiger partial charge in [-0.15, -0.1) is 11.3 Å². The van der Waals surface area contributed by atoms with Gasteiger partial charge in [-0.05, 0) is 25.7 Å². The molecule has 0 spiro atoms. The van der Waals surface area contributed by atoms with Crippen molar-refractivity contribution in [3.8, 4) is 0 Å². The lowest BCUT2D eigenvalue weighted by Gasteiger charge is -2.22. The van der Waals surface area contributed by atoms with Crippen LogP contribution in [0.25, 0.3) is 0 Å². The first-order valence-electron chi connectivity index (χ1n) is 7.14. The normalized spacial score (nSPS) is 13.9. The van der Waals surface area contributed by atoms with Crippen LogP contribution in [0.15, 0.2) is 0 Å². The first-order valence-corrected chi connectivity index (χ1v) is 7.96. The fourth-order valence-corrected chi connectivity index (χ4v) is 3.49. The highest BCUT2D eigenvalue weighted by atomic mass is 32.1. The maximum Gasteiger partial charge on any atom is 0.263 e. The summed E-state index contributed by atoms with van der Waals surface area (Å²) in [6.07, 6.45) is 2.46. The summed E-state index contributed by atoms with van der Waals surface area (Å²) in [7, 11) is 3.13. The number of carbonyl (C=O) groups is 2. The standard InChI is InChI=1S/C14H22N4O2S/c1-4-18(7-8-5-6-8)14-9(12(19)16-2)10(15)11(21-14)13(20)17-3/h8H,4-7,15H2,1-3H3,(H,16,19)(H,17,20). The second-order valence-electron chi connectivity index (χ2n) is 5.17. The van der Waals surface area contributed by atoms with Crippen molar-refractivity contribution < 1.29 is 9.59 Å². The molecular weight excluding hydrogens is 288 g/mol. The Bertz CT molecular complexity index is 551. The summed E-state index contributed by atoms with van der Waals surface area (Å²) in [5.74, 6) is 0.189. The van der Waals surface area contributed by atoms with Crippen LogP contribution < -0.4 is 21.3 Å². The average molecular weight is 310 g/mol. The van der Waals surface area contributed by atoms with E-state index in [2.05, 4.69) is 15.5 Å². The number of hydrogen-bond donors (Lipinski definition) is 3. The summed E-state index contributed by atoms with van der Waals surface area (Å²) in [6.45, 7) is 3.74. The summed E-state index contributed by atoms with van der Waals surface area (Å²) in [5, 5.41) is 5.97. The maximum atomic E-state index is 12.2. The van der Waals surface area contributed by atoms with E-state index >= 15 is 0 Å². The molecule has 4 N–H and O–H groups in total. The molecule has 1 heterocycles. The molecule has 1 aliphatic carbocycles. The molecule has 0 aliphatic heterocycles. The fourth-order valence-electron chi connectivity index (χ4n) is 2.25. The van der Waals surface area contributed by atoms with Crippen LogP contribution in [-0.4, -0.2) is 39.0 Å². The zero-order valence-corrected chi connectivity index (χ0v) is 13.5. The molecule has 0 saturated heterocycles. The Hall–Kier alpha value is -1.76. The minimum absolute atomic E-state index is 0.247. The maximum absolute atomic E-state index is 12.2. The molecule has 2 rings (SSSR count). The van der Waals surface area contributed by atoms with Gasteiger partial charge < -0.3 is 21.3 Å². The Balaban J connectivity index is 2.45. The third-order valence-electron chi connectivity index (χ3n) is 3.66. The molecule has 1 aromatic rings. The van der Waals surface area contributed by atoms with E-state index in [-0.39, 0.29) is 17.5 Å². The highest BCUT2D eigenvalue weighted by molar-refractivity contribution is 7.19. The number of thiophene rings is 1. The van der Waals surface area contributed by atoms with Gasteiger partial charge in [0.2, 0.25) is 0 Å². The SMILES string of the molecule is CCN(CC1CC1)c1sc(C(=O)NC)c(N)c1C(=O)NC. The number of nitrogens with two attached hydrogens (primary N) is 1. The van der Waals surface area contributed by atoms with Crippen LogP contribution in [0.3, 0.4) is 0 Å². The highest BCUT2D eigenvalue weighted by Crippen LogP contribution is 2.40. The smallest absolute Gasteiger partial charge is 0.263 e. The van der Waals surface area contributed by atoms with Crippen molar-refractivity contribution in [3.05, 3.63) is 10.4 Å². The molecule has 116 valence electrons. The van der Waals surface area contributed by atoms with Gasteiger partial charge in [-0.3, -0.25) is 9.59 Å². The van der Waals surface area contributed by atoms with E-state index in [0.717, 1.165) is 18.1 Å². The molecule has 6 nitrogen and oxygen atoms in total. The van der Waals surface area contributed by atoms with Crippen LogP contribution in [0, 0.1) is 5.92 Å². The number of rotatable bonds is 6. The largest absolute Gasteiger partial charge is 0.397 e. The molecule has 0 bridgehead atoms. The van der Waals surface area contributed by atoms with Gasteiger partial charge in [0.25, 0.3) is 11.8 Å². The minimum atomic E-state index is -0.253. The number of amides is 2. The predicted molar refractivity (Wildman–Crippen MR) is 86.1 cm³/mol. The third kappa shape index (κ3) is 3.12. The Kier molecular flexibility index (Phi) is 4.72. The summed E-state index contributed by atoms with van der Waals surface area (Å²) in [5.41, 5.74) is 6.74. The second kappa shape index (κ2) is 6.34. The summed E-state index contributed by atoms with van der Waals surface area (Å²) >= 11 is 1.29. The number of nitrogens with one attached hydrogen (secondary N) is 2. The van der Waals surface area contributed by atoms with Gasteiger partial charge in [0, 0.05) is 27.2 Å². The fraction of sp³-hybridized carbons (Fsp3) is 0.571. The molecular formula is C14H22N4O2S. The molecule has 2 amide bonds. The van der Waals surface area contributed by atoms with Gasteiger partial charge in [-0.1, -0.05) is 0 Å². The van der Waals surface area contributed by atoms with Crippen molar-refractivity contribution in [1.82, 2.24) is 10.6 Å².